The van der Waals surface area contributed by atoms with Gasteiger partial charge in [0.2, 0.25) is 0 Å². The molecule has 0 saturated carbocycles. The van der Waals surface area contributed by atoms with Crippen molar-refractivity contribution in [3.05, 3.63) is 292 Å². The molecule has 0 spiro atoms. The predicted octanol–water partition coefficient (Wildman–Crippen LogP) is 15.2. The maximum Gasteiger partial charge on any atom is 0.179 e. The Morgan fingerprint density at radius 3 is 0.977 bits per heavy atom. The van der Waals surface area contributed by atoms with Crippen LogP contribution in [0.25, 0.3) is 44.2 Å². The second-order valence-electron chi connectivity index (χ2n) is 25.2. The third-order valence-electron chi connectivity index (χ3n) is 16.1. The van der Waals surface area contributed by atoms with Gasteiger partial charge < -0.3 is 4.98 Å². The zero-order valence-electron chi connectivity index (χ0n) is 50.3. The fourth-order valence-corrected chi connectivity index (χ4v) is 15.8. The van der Waals surface area contributed by atoms with Crippen LogP contribution in [0.15, 0.2) is 231 Å². The number of nitrogens with zero attached hydrogens (tertiary/aromatic N) is 3. The van der Waals surface area contributed by atoms with Gasteiger partial charge in [0.05, 0.1) is 22.1 Å². The van der Waals surface area contributed by atoms with Crippen molar-refractivity contribution < 1.29 is 0 Å². The molecular weight excluding hydrogens is 1060 g/mol. The lowest BCUT2D eigenvalue weighted by molar-refractivity contribution is 0.590. The van der Waals surface area contributed by atoms with E-state index in [9.17, 15) is 0 Å². The van der Waals surface area contributed by atoms with E-state index in [0.717, 1.165) is 88.7 Å². The molecule has 12 rings (SSSR count). The van der Waals surface area contributed by atoms with E-state index < -0.39 is 8.07 Å². The van der Waals surface area contributed by atoms with Gasteiger partial charge in [-0.1, -0.05) is 207 Å². The molecule has 3 aromatic heterocycles. The lowest BCUT2D eigenvalue weighted by Gasteiger charge is -2.34. The molecule has 86 heavy (non-hydrogen) atoms. The van der Waals surface area contributed by atoms with Gasteiger partial charge >= 0.3 is 0 Å². The normalized spacial score (nSPS) is 11.6. The summed E-state index contributed by atoms with van der Waals surface area (Å²) in [4.78, 5) is 18.1. The highest BCUT2D eigenvalue weighted by Crippen LogP contribution is 2.34. The molecule has 1 N–H and O–H groups in total. The van der Waals surface area contributed by atoms with Crippen LogP contribution in [-0.2, 0) is 16.2 Å². The first-order chi connectivity index (χ1) is 41.4. The van der Waals surface area contributed by atoms with Crippen LogP contribution in [0.1, 0.15) is 124 Å². The molecule has 9 aromatic carbocycles. The number of hydrogen-bond acceptors (Lipinski definition) is 3. The van der Waals surface area contributed by atoms with Gasteiger partial charge in [0, 0.05) is 73.2 Å². The number of imidazole rings is 1. The number of aromatic nitrogens is 4. The van der Waals surface area contributed by atoms with Crippen LogP contribution in [0.4, 0.5) is 0 Å². The average molecular weight is 1120 g/mol. The van der Waals surface area contributed by atoms with Crippen molar-refractivity contribution in [1.82, 2.24) is 19.9 Å². The van der Waals surface area contributed by atoms with Crippen LogP contribution < -0.4 is 20.7 Å². The fraction of sp³-hybridized carbons (Fsp3) is 0.148. The zero-order valence-corrected chi connectivity index (χ0v) is 51.3. The number of H-pyrrole nitrogens is 1. The second-order valence-corrected chi connectivity index (χ2v) is 29.0. The quantitative estimate of drug-likeness (QED) is 0.0809. The van der Waals surface area contributed by atoms with Gasteiger partial charge in [-0.3, -0.25) is 9.97 Å². The fourth-order valence-electron chi connectivity index (χ4n) is 11.2. The molecule has 0 aliphatic heterocycles. The Balaban J connectivity index is 0.935. The highest BCUT2D eigenvalue weighted by atomic mass is 28.3. The Morgan fingerprint density at radius 2 is 0.628 bits per heavy atom. The van der Waals surface area contributed by atoms with E-state index in [-0.39, 0.29) is 16.2 Å². The second kappa shape index (κ2) is 23.1. The Morgan fingerprint density at radius 1 is 0.314 bits per heavy atom. The summed E-state index contributed by atoms with van der Waals surface area (Å²) in [5.74, 6) is 28.7. The molecule has 0 bridgehead atoms. The molecule has 414 valence electrons. The Hall–Kier alpha value is -10.3. The monoisotopic (exact) mass is 1120 g/mol. The van der Waals surface area contributed by atoms with Crippen molar-refractivity contribution in [3.8, 4) is 58.8 Å². The van der Waals surface area contributed by atoms with Crippen molar-refractivity contribution in [3.63, 3.8) is 0 Å². The first-order valence-electron chi connectivity index (χ1n) is 29.4. The van der Waals surface area contributed by atoms with Crippen molar-refractivity contribution in [2.24, 2.45) is 0 Å². The molecular formula is C81H66N4Si. The average Bonchev–Trinajstić information content (AvgIpc) is 1.33. The summed E-state index contributed by atoms with van der Waals surface area (Å²) < 4.78 is 0. The minimum Gasteiger partial charge on any atom is -0.337 e. The molecule has 4 nitrogen and oxygen atoms in total. The maximum atomic E-state index is 5.10. The van der Waals surface area contributed by atoms with Gasteiger partial charge in [-0.05, 0) is 175 Å². The third kappa shape index (κ3) is 11.8. The first-order valence-corrected chi connectivity index (χ1v) is 31.4. The Kier molecular flexibility index (Phi) is 15.1. The minimum absolute atomic E-state index is 0.0265. The molecule has 0 fully saturated rings. The summed E-state index contributed by atoms with van der Waals surface area (Å²) in [6, 6.07) is 77.9. The number of aromatic amines is 1. The molecule has 0 unspecified atom stereocenters. The van der Waals surface area contributed by atoms with E-state index in [0.29, 0.717) is 0 Å². The highest BCUT2D eigenvalue weighted by Gasteiger charge is 2.41. The topological polar surface area (TPSA) is 54.5 Å². The van der Waals surface area contributed by atoms with Crippen LogP contribution in [0.3, 0.4) is 0 Å². The van der Waals surface area contributed by atoms with Crippen LogP contribution >= 0.6 is 0 Å². The Labute approximate surface area is 507 Å². The van der Waals surface area contributed by atoms with Gasteiger partial charge in [0.25, 0.3) is 0 Å². The van der Waals surface area contributed by atoms with Gasteiger partial charge in [-0.25, -0.2) is 4.98 Å². The summed E-state index contributed by atoms with van der Waals surface area (Å²) in [5, 5.41) is 6.87. The van der Waals surface area contributed by atoms with Gasteiger partial charge in [-0.2, -0.15) is 0 Å². The maximum absolute atomic E-state index is 5.10. The standard InChI is InChI=1S/C81H66N4Si/c1-79(2,3)65-18-10-15-61(53-65)28-25-58-35-45-69(46-36-58)86(70-47-37-59(38-48-70)26-29-62-16-11-19-66(54-62)80(4,5)6,71-49-39-60(40-50-71)27-30-63-17-12-20-67(55-63)81(7,8)9)68-43-33-57(34-44-68)24-23-56-31-41-64(42-32-56)78-84-76-72-21-13-51-82-74(72)75-73(77(76)85-78)22-14-52-83-75/h10-22,31-55H,1-9H3,(H,84,85). The molecule has 0 atom stereocenters. The van der Waals surface area contributed by atoms with Gasteiger partial charge in [0.1, 0.15) is 5.82 Å². The summed E-state index contributed by atoms with van der Waals surface area (Å²) in [6.07, 6.45) is 3.62. The molecule has 0 radical (unpaired) electrons. The van der Waals surface area contributed by atoms with Crippen molar-refractivity contribution in [2.45, 2.75) is 78.6 Å². The number of hydrogen-bond donors (Lipinski definition) is 1. The van der Waals surface area contributed by atoms with Crippen LogP contribution in [-0.4, -0.2) is 28.0 Å². The molecule has 0 amide bonds. The lowest BCUT2D eigenvalue weighted by atomic mass is 9.86. The largest absolute Gasteiger partial charge is 0.337 e. The molecule has 12 aromatic rings. The SMILES string of the molecule is CC(C)(C)c1cccc(C#Cc2ccc([Si](c3ccc(C#Cc4ccc(-c5nc6c7cccnc7c7ncccc7c6[nH]5)cc4)cc3)(c3ccc(C#Cc4cccc(C(C)(C)C)c4)cc3)c3ccc(C#Cc4cccc(C(C)(C)C)c4)cc3)cc2)c1. The third-order valence-corrected chi connectivity index (χ3v) is 20.9. The van der Waals surface area contributed by atoms with Crippen LogP contribution in [0.2, 0.25) is 0 Å². The van der Waals surface area contributed by atoms with E-state index in [4.69, 9.17) is 9.97 Å². The molecule has 0 aliphatic rings. The van der Waals surface area contributed by atoms with E-state index in [2.05, 4.69) is 326 Å². The lowest BCUT2D eigenvalue weighted by Crippen LogP contribution is -2.74. The number of fused-ring (bicyclic) bond motifs is 6. The van der Waals surface area contributed by atoms with E-state index >= 15 is 0 Å². The highest BCUT2D eigenvalue weighted by molar-refractivity contribution is 7.19. The minimum atomic E-state index is -3.12. The summed E-state index contributed by atoms with van der Waals surface area (Å²) in [7, 11) is -3.12. The summed E-state index contributed by atoms with van der Waals surface area (Å²) in [6.45, 7) is 20.1. The zero-order chi connectivity index (χ0) is 59.6. The van der Waals surface area contributed by atoms with Crippen molar-refractivity contribution >= 4 is 61.7 Å². The van der Waals surface area contributed by atoms with E-state index in [1.165, 1.54) is 37.4 Å². The number of rotatable bonds is 5. The first kappa shape index (κ1) is 56.2. The van der Waals surface area contributed by atoms with E-state index in [1.807, 2.05) is 24.5 Å². The van der Waals surface area contributed by atoms with E-state index in [1.54, 1.807) is 0 Å². The molecule has 3 heterocycles. The summed E-state index contributed by atoms with van der Waals surface area (Å²) >= 11 is 0. The molecule has 0 aliphatic carbocycles. The van der Waals surface area contributed by atoms with Crippen molar-refractivity contribution in [1.29, 1.82) is 0 Å². The van der Waals surface area contributed by atoms with Crippen molar-refractivity contribution in [2.75, 3.05) is 0 Å². The smallest absolute Gasteiger partial charge is 0.179 e. The van der Waals surface area contributed by atoms with Crippen LogP contribution in [0, 0.1) is 47.4 Å². The molecule has 0 saturated heterocycles. The predicted molar refractivity (Wildman–Crippen MR) is 362 cm³/mol. The number of nitrogens with one attached hydrogen (secondary N) is 1. The number of benzene rings is 9. The Bertz CT molecular complexity index is 4430. The van der Waals surface area contributed by atoms with Gasteiger partial charge in [-0.15, -0.1) is 0 Å². The molecule has 5 heteroatoms. The number of pyridine rings is 2. The van der Waals surface area contributed by atoms with Crippen LogP contribution in [0.5, 0.6) is 0 Å². The summed E-state index contributed by atoms with van der Waals surface area (Å²) in [5.41, 5.74) is 16.0. The van der Waals surface area contributed by atoms with Gasteiger partial charge in [0.15, 0.2) is 8.07 Å².